The molecule has 0 spiro atoms. The second kappa shape index (κ2) is 57.2. The van der Waals surface area contributed by atoms with Crippen LogP contribution in [0.4, 0.5) is 0 Å². The number of carbonyl (C=O) groups excluding carboxylic acids is 2. The van der Waals surface area contributed by atoms with Gasteiger partial charge in [-0.2, -0.15) is 0 Å². The van der Waals surface area contributed by atoms with Gasteiger partial charge in [0.2, 0.25) is 0 Å². The maximum Gasteiger partial charge on any atom is 0.306 e. The Morgan fingerprint density at radius 1 is 0.348 bits per heavy atom. The van der Waals surface area contributed by atoms with E-state index < -0.39 is 6.10 Å². The lowest BCUT2D eigenvalue weighted by Gasteiger charge is -2.18. The first kappa shape index (κ1) is 63.9. The zero-order valence-corrected chi connectivity index (χ0v) is 44.5. The molecule has 0 bridgehead atoms. The van der Waals surface area contributed by atoms with Gasteiger partial charge in [-0.05, 0) is 57.8 Å². The van der Waals surface area contributed by atoms with E-state index in [9.17, 15) is 9.59 Å². The second-order valence-corrected chi connectivity index (χ2v) is 19.5. The molecule has 0 aliphatic rings. The summed E-state index contributed by atoms with van der Waals surface area (Å²) in [5.41, 5.74) is 0. The Kier molecular flexibility index (Phi) is 55.3. The van der Waals surface area contributed by atoms with Crippen LogP contribution in [-0.4, -0.2) is 37.9 Å². The third-order valence-corrected chi connectivity index (χ3v) is 12.9. The average molecular weight is 926 g/mol. The van der Waals surface area contributed by atoms with Gasteiger partial charge >= 0.3 is 11.9 Å². The number of hydrogen-bond donors (Lipinski definition) is 0. The van der Waals surface area contributed by atoms with E-state index in [1.807, 2.05) is 0 Å². The predicted octanol–water partition coefficient (Wildman–Crippen LogP) is 19.9. The lowest BCUT2D eigenvalue weighted by Crippen LogP contribution is -2.30. The van der Waals surface area contributed by atoms with E-state index >= 15 is 0 Å². The molecule has 0 aromatic heterocycles. The predicted molar refractivity (Wildman–Crippen MR) is 288 cm³/mol. The molecule has 5 nitrogen and oxygen atoms in total. The minimum Gasteiger partial charge on any atom is -0.462 e. The van der Waals surface area contributed by atoms with Crippen LogP contribution in [0.1, 0.15) is 303 Å². The Hall–Kier alpha value is -2.14. The fourth-order valence-corrected chi connectivity index (χ4v) is 8.56. The van der Waals surface area contributed by atoms with Crippen molar-refractivity contribution in [2.24, 2.45) is 0 Å². The molecular weight excluding hydrogens is 813 g/mol. The molecule has 0 aliphatic carbocycles. The third kappa shape index (κ3) is 54.5. The van der Waals surface area contributed by atoms with Crippen molar-refractivity contribution in [2.75, 3.05) is 19.8 Å². The van der Waals surface area contributed by atoms with E-state index in [4.69, 9.17) is 14.2 Å². The van der Waals surface area contributed by atoms with E-state index in [-0.39, 0.29) is 25.2 Å². The van der Waals surface area contributed by atoms with Crippen molar-refractivity contribution < 1.29 is 23.8 Å². The molecule has 66 heavy (non-hydrogen) atoms. The number of carbonyl (C=O) groups is 2. The van der Waals surface area contributed by atoms with Gasteiger partial charge in [-0.15, -0.1) is 0 Å². The first-order valence-electron chi connectivity index (χ1n) is 29.2. The van der Waals surface area contributed by atoms with Crippen LogP contribution in [0, 0.1) is 0 Å². The van der Waals surface area contributed by atoms with Crippen molar-refractivity contribution >= 4 is 11.9 Å². The molecule has 0 amide bonds. The van der Waals surface area contributed by atoms with Crippen molar-refractivity contribution in [1.82, 2.24) is 0 Å². The molecule has 0 heterocycles. The van der Waals surface area contributed by atoms with Gasteiger partial charge in [0.1, 0.15) is 6.61 Å². The van der Waals surface area contributed by atoms with E-state index in [0.29, 0.717) is 19.4 Å². The summed E-state index contributed by atoms with van der Waals surface area (Å²) in [7, 11) is 0. The fourth-order valence-electron chi connectivity index (χ4n) is 8.56. The molecule has 1 unspecified atom stereocenters. The van der Waals surface area contributed by atoms with Gasteiger partial charge < -0.3 is 14.2 Å². The second-order valence-electron chi connectivity index (χ2n) is 19.5. The van der Waals surface area contributed by atoms with Crippen LogP contribution < -0.4 is 0 Å². The van der Waals surface area contributed by atoms with Gasteiger partial charge in [0.25, 0.3) is 0 Å². The summed E-state index contributed by atoms with van der Waals surface area (Å²) in [4.78, 5) is 25.5. The van der Waals surface area contributed by atoms with Crippen molar-refractivity contribution in [2.45, 2.75) is 309 Å². The summed E-state index contributed by atoms with van der Waals surface area (Å²) in [5.74, 6) is -0.426. The molecule has 0 aromatic rings. The number of rotatable bonds is 54. The Morgan fingerprint density at radius 3 is 1.09 bits per heavy atom. The SMILES string of the molecule is CC/C=C\C/C=C\C/C=C\C/C=C\CCCCC(=O)OC(COCCCCCCCCCCCCCCCCCC)COC(=O)CCCCCCCCCCCCCCCCCCCCC. The van der Waals surface area contributed by atoms with Crippen LogP contribution >= 0.6 is 0 Å². The highest BCUT2D eigenvalue weighted by atomic mass is 16.6. The highest BCUT2D eigenvalue weighted by Crippen LogP contribution is 2.17. The number of allylic oxidation sites excluding steroid dienone is 8. The fraction of sp³-hybridized carbons (Fsp3) is 0.836. The molecule has 0 aromatic carbocycles. The molecule has 386 valence electrons. The standard InChI is InChI=1S/C61H112O5/c1-4-7-10-13-16-19-22-25-28-30-31-32-34-36-39-42-45-48-51-54-60(62)65-58-59(57-64-56-53-50-47-44-41-38-35-29-26-23-20-17-14-11-8-5-2)66-61(63)55-52-49-46-43-40-37-33-27-24-21-18-15-12-9-6-3/h9,12,18,21,27,33,40,43,59H,4-8,10-11,13-17,19-20,22-26,28-32,34-39,41-42,44-58H2,1-3H3/b12-9-,21-18-,33-27-,43-40-. The van der Waals surface area contributed by atoms with Crippen molar-refractivity contribution in [3.63, 3.8) is 0 Å². The van der Waals surface area contributed by atoms with Crippen molar-refractivity contribution in [3.05, 3.63) is 48.6 Å². The maximum atomic E-state index is 12.8. The van der Waals surface area contributed by atoms with Crippen molar-refractivity contribution in [3.8, 4) is 0 Å². The molecule has 0 radical (unpaired) electrons. The first-order valence-corrected chi connectivity index (χ1v) is 29.2. The van der Waals surface area contributed by atoms with Gasteiger partial charge in [-0.25, -0.2) is 0 Å². The van der Waals surface area contributed by atoms with E-state index in [1.165, 1.54) is 199 Å². The van der Waals surface area contributed by atoms with Gasteiger partial charge in [0, 0.05) is 19.4 Å². The van der Waals surface area contributed by atoms with Gasteiger partial charge in [-0.3, -0.25) is 9.59 Å². The average Bonchev–Trinajstić information content (AvgIpc) is 3.32. The zero-order chi connectivity index (χ0) is 47.7. The zero-order valence-electron chi connectivity index (χ0n) is 44.5. The Bertz CT molecular complexity index is 1090. The van der Waals surface area contributed by atoms with Crippen LogP contribution in [0.3, 0.4) is 0 Å². The van der Waals surface area contributed by atoms with Gasteiger partial charge in [-0.1, -0.05) is 281 Å². The Labute approximate surface area is 412 Å². The Balaban J connectivity index is 4.26. The molecule has 5 heteroatoms. The number of hydrogen-bond acceptors (Lipinski definition) is 5. The minimum absolute atomic E-state index is 0.0740. The van der Waals surface area contributed by atoms with Gasteiger partial charge in [0.05, 0.1) is 6.61 Å². The van der Waals surface area contributed by atoms with E-state index in [0.717, 1.165) is 70.6 Å². The summed E-state index contributed by atoms with van der Waals surface area (Å²) in [6, 6.07) is 0. The smallest absolute Gasteiger partial charge is 0.306 e. The van der Waals surface area contributed by atoms with E-state index in [1.54, 1.807) is 0 Å². The lowest BCUT2D eigenvalue weighted by molar-refractivity contribution is -0.163. The molecule has 0 fully saturated rings. The number of ether oxygens (including phenoxy) is 3. The van der Waals surface area contributed by atoms with Gasteiger partial charge in [0.15, 0.2) is 6.10 Å². The first-order chi connectivity index (χ1) is 32.6. The summed E-state index contributed by atoms with van der Waals surface area (Å²) < 4.78 is 17.5. The van der Waals surface area contributed by atoms with Crippen molar-refractivity contribution in [1.29, 1.82) is 0 Å². The molecular formula is C61H112O5. The molecule has 0 aliphatic heterocycles. The summed E-state index contributed by atoms with van der Waals surface area (Å²) in [5, 5.41) is 0. The molecule has 1 atom stereocenters. The summed E-state index contributed by atoms with van der Waals surface area (Å²) in [6.45, 7) is 7.73. The number of unbranched alkanes of at least 4 members (excludes halogenated alkanes) is 35. The quantitative estimate of drug-likeness (QED) is 0.0345. The molecule has 0 N–H and O–H groups in total. The molecule has 0 saturated heterocycles. The largest absolute Gasteiger partial charge is 0.462 e. The molecule has 0 saturated carbocycles. The number of esters is 2. The highest BCUT2D eigenvalue weighted by Gasteiger charge is 2.17. The lowest BCUT2D eigenvalue weighted by atomic mass is 10.0. The summed E-state index contributed by atoms with van der Waals surface area (Å²) in [6.07, 6.45) is 71.4. The topological polar surface area (TPSA) is 61.8 Å². The van der Waals surface area contributed by atoms with E-state index in [2.05, 4.69) is 69.4 Å². The summed E-state index contributed by atoms with van der Waals surface area (Å²) >= 11 is 0. The highest BCUT2D eigenvalue weighted by molar-refractivity contribution is 5.70. The maximum absolute atomic E-state index is 12.8. The monoisotopic (exact) mass is 925 g/mol. The van der Waals surface area contributed by atoms with Crippen LogP contribution in [0.15, 0.2) is 48.6 Å². The third-order valence-electron chi connectivity index (χ3n) is 12.9. The van der Waals surface area contributed by atoms with Crippen LogP contribution in [0.5, 0.6) is 0 Å². The van der Waals surface area contributed by atoms with Crippen LogP contribution in [-0.2, 0) is 23.8 Å². The minimum atomic E-state index is -0.554. The Morgan fingerprint density at radius 2 is 0.682 bits per heavy atom. The van der Waals surface area contributed by atoms with Crippen LogP contribution in [0.2, 0.25) is 0 Å². The normalized spacial score (nSPS) is 12.5. The molecule has 0 rings (SSSR count). The van der Waals surface area contributed by atoms with Crippen LogP contribution in [0.25, 0.3) is 0 Å².